The lowest BCUT2D eigenvalue weighted by Crippen LogP contribution is -2.26. The van der Waals surface area contributed by atoms with Crippen molar-refractivity contribution >= 4 is 45.2 Å². The Kier molecular flexibility index (Phi) is 5.75. The monoisotopic (exact) mass is 447 g/mol. The molecule has 0 radical (unpaired) electrons. The molecule has 90 valence electrons. The Balaban J connectivity index is 2.96. The van der Waals surface area contributed by atoms with E-state index in [1.807, 2.05) is 19.1 Å². The van der Waals surface area contributed by atoms with Gasteiger partial charge in [-0.25, -0.2) is 0 Å². The predicted molar refractivity (Wildman–Crippen MR) is 81.4 cm³/mol. The lowest BCUT2D eigenvalue weighted by molar-refractivity contribution is 0.134. The van der Waals surface area contributed by atoms with Gasteiger partial charge in [-0.15, -0.1) is 0 Å². The number of aliphatic hydroxyl groups excluding tert-OH is 1. The van der Waals surface area contributed by atoms with Crippen LogP contribution in [0.2, 0.25) is 0 Å². The molecule has 0 aromatic heterocycles. The van der Waals surface area contributed by atoms with Crippen LogP contribution < -0.4 is 5.73 Å². The minimum absolute atomic E-state index is 0.280. The highest BCUT2D eigenvalue weighted by molar-refractivity contribution is 14.1. The molecule has 0 heterocycles. The van der Waals surface area contributed by atoms with Crippen molar-refractivity contribution in [2.75, 3.05) is 0 Å². The van der Waals surface area contributed by atoms with Crippen LogP contribution in [0, 0.1) is 7.14 Å². The van der Waals surface area contributed by atoms with E-state index in [4.69, 9.17) is 5.73 Å². The molecule has 0 aliphatic carbocycles. The van der Waals surface area contributed by atoms with Crippen LogP contribution in [0.15, 0.2) is 12.1 Å². The number of phenolic OH excluding ortho intramolecular Hbond substituents is 1. The average molecular weight is 447 g/mol. The molecule has 0 aliphatic heterocycles. The number of nitrogens with two attached hydrogens (primary N) is 1. The summed E-state index contributed by atoms with van der Waals surface area (Å²) in [5, 5.41) is 19.5. The molecule has 2 atom stereocenters. The van der Waals surface area contributed by atoms with Crippen molar-refractivity contribution in [3.05, 3.63) is 24.8 Å². The second-order valence-electron chi connectivity index (χ2n) is 3.71. The summed E-state index contributed by atoms with van der Waals surface area (Å²) in [4.78, 5) is 0. The molecular formula is C11H15I2NO2. The number of aliphatic hydroxyl groups is 1. The van der Waals surface area contributed by atoms with Gasteiger partial charge in [-0.1, -0.05) is 13.3 Å². The maximum Gasteiger partial charge on any atom is 0.142 e. The third kappa shape index (κ3) is 3.44. The van der Waals surface area contributed by atoms with Crippen LogP contribution in [-0.2, 0) is 0 Å². The van der Waals surface area contributed by atoms with Crippen LogP contribution in [0.3, 0.4) is 0 Å². The van der Waals surface area contributed by atoms with E-state index in [9.17, 15) is 10.2 Å². The summed E-state index contributed by atoms with van der Waals surface area (Å²) in [6.07, 6.45) is 1.07. The summed E-state index contributed by atoms with van der Waals surface area (Å²) in [6.45, 7) is 2.01. The van der Waals surface area contributed by atoms with Gasteiger partial charge < -0.3 is 15.9 Å². The van der Waals surface area contributed by atoms with Crippen molar-refractivity contribution < 1.29 is 10.2 Å². The van der Waals surface area contributed by atoms with E-state index in [0.717, 1.165) is 19.1 Å². The predicted octanol–water partition coefficient (Wildman–Crippen LogP) is 2.76. The second kappa shape index (κ2) is 6.36. The number of benzene rings is 1. The summed E-state index contributed by atoms with van der Waals surface area (Å²) in [6, 6.07) is 3.26. The average Bonchev–Trinajstić information content (AvgIpc) is 2.24. The van der Waals surface area contributed by atoms with Crippen molar-refractivity contribution in [2.24, 2.45) is 5.73 Å². The lowest BCUT2D eigenvalue weighted by Gasteiger charge is -2.19. The molecule has 1 aromatic rings. The molecule has 1 aromatic carbocycles. The Morgan fingerprint density at radius 3 is 2.25 bits per heavy atom. The van der Waals surface area contributed by atoms with Crippen LogP contribution in [0.5, 0.6) is 5.75 Å². The van der Waals surface area contributed by atoms with Gasteiger partial charge in [0.2, 0.25) is 0 Å². The van der Waals surface area contributed by atoms with Gasteiger partial charge in [-0.2, -0.15) is 0 Å². The summed E-state index contributed by atoms with van der Waals surface area (Å²) in [5.41, 5.74) is 6.84. The molecule has 0 spiro atoms. The largest absolute Gasteiger partial charge is 0.506 e. The quantitative estimate of drug-likeness (QED) is 0.623. The Bertz CT molecular complexity index is 348. The molecule has 0 fully saturated rings. The van der Waals surface area contributed by atoms with Crippen molar-refractivity contribution in [1.29, 1.82) is 0 Å². The highest BCUT2D eigenvalue weighted by Crippen LogP contribution is 2.30. The fourth-order valence-electron chi connectivity index (χ4n) is 1.48. The standard InChI is InChI=1S/C11H15I2NO2/c1-2-3-9(15)10(14)6-4-7(12)11(16)8(13)5-6/h4-5,9-10,15-16H,2-3,14H2,1H3/t9-,10+/m1/s1. The van der Waals surface area contributed by atoms with Crippen LogP contribution in [0.4, 0.5) is 0 Å². The Morgan fingerprint density at radius 1 is 1.31 bits per heavy atom. The highest BCUT2D eigenvalue weighted by Gasteiger charge is 2.18. The van der Waals surface area contributed by atoms with Crippen LogP contribution in [0.1, 0.15) is 31.4 Å². The molecule has 16 heavy (non-hydrogen) atoms. The van der Waals surface area contributed by atoms with Crippen LogP contribution in [0.25, 0.3) is 0 Å². The Labute approximate surface area is 123 Å². The van der Waals surface area contributed by atoms with Gasteiger partial charge in [0.25, 0.3) is 0 Å². The third-order valence-corrected chi connectivity index (χ3v) is 4.07. The molecule has 5 heteroatoms. The van der Waals surface area contributed by atoms with Crippen molar-refractivity contribution in [1.82, 2.24) is 0 Å². The van der Waals surface area contributed by atoms with Crippen LogP contribution >= 0.6 is 45.2 Å². The highest BCUT2D eigenvalue weighted by atomic mass is 127. The van der Waals surface area contributed by atoms with Gasteiger partial charge in [0, 0.05) is 0 Å². The molecule has 0 amide bonds. The van der Waals surface area contributed by atoms with Gasteiger partial charge >= 0.3 is 0 Å². The fraction of sp³-hybridized carbons (Fsp3) is 0.455. The molecule has 0 saturated heterocycles. The maximum atomic E-state index is 9.83. The topological polar surface area (TPSA) is 66.5 Å². The summed E-state index contributed by atoms with van der Waals surface area (Å²) < 4.78 is 1.53. The first-order valence-corrected chi connectivity index (χ1v) is 7.24. The molecule has 0 unspecified atom stereocenters. The minimum Gasteiger partial charge on any atom is -0.506 e. The molecule has 4 N–H and O–H groups in total. The Morgan fingerprint density at radius 2 is 1.81 bits per heavy atom. The molecule has 0 saturated carbocycles. The van der Waals surface area contributed by atoms with Gasteiger partial charge in [-0.05, 0) is 69.3 Å². The Hall–Kier alpha value is 0.400. The normalized spacial score (nSPS) is 14.8. The lowest BCUT2D eigenvalue weighted by atomic mass is 9.99. The van der Waals surface area contributed by atoms with E-state index in [1.54, 1.807) is 0 Å². The number of hydrogen-bond donors (Lipinski definition) is 3. The van der Waals surface area contributed by atoms with Gasteiger partial charge in [0.15, 0.2) is 0 Å². The second-order valence-corrected chi connectivity index (χ2v) is 6.04. The van der Waals surface area contributed by atoms with Gasteiger partial charge in [-0.3, -0.25) is 0 Å². The van der Waals surface area contributed by atoms with E-state index in [0.29, 0.717) is 6.42 Å². The van der Waals surface area contributed by atoms with E-state index >= 15 is 0 Å². The van der Waals surface area contributed by atoms with E-state index in [2.05, 4.69) is 45.2 Å². The van der Waals surface area contributed by atoms with Crippen molar-refractivity contribution in [2.45, 2.75) is 31.9 Å². The first-order valence-electron chi connectivity index (χ1n) is 5.09. The van der Waals surface area contributed by atoms with Gasteiger partial charge in [0.1, 0.15) is 5.75 Å². The fourth-order valence-corrected chi connectivity index (χ4v) is 3.29. The van der Waals surface area contributed by atoms with Gasteiger partial charge in [0.05, 0.1) is 19.3 Å². The van der Waals surface area contributed by atoms with E-state index < -0.39 is 6.10 Å². The molecule has 3 nitrogen and oxygen atoms in total. The molecular weight excluding hydrogens is 432 g/mol. The molecule has 0 bridgehead atoms. The summed E-state index contributed by atoms with van der Waals surface area (Å²) in [5.74, 6) is 0.280. The first kappa shape index (κ1) is 14.5. The van der Waals surface area contributed by atoms with E-state index in [1.165, 1.54) is 0 Å². The number of phenols is 1. The van der Waals surface area contributed by atoms with Crippen LogP contribution in [-0.4, -0.2) is 16.3 Å². The first-order chi connectivity index (χ1) is 7.47. The molecule has 1 rings (SSSR count). The molecule has 0 aliphatic rings. The summed E-state index contributed by atoms with van der Waals surface area (Å²) >= 11 is 4.12. The number of rotatable bonds is 4. The van der Waals surface area contributed by atoms with Crippen molar-refractivity contribution in [3.63, 3.8) is 0 Å². The zero-order valence-electron chi connectivity index (χ0n) is 8.95. The summed E-state index contributed by atoms with van der Waals surface area (Å²) in [7, 11) is 0. The number of aromatic hydroxyl groups is 1. The number of hydrogen-bond acceptors (Lipinski definition) is 3. The zero-order valence-corrected chi connectivity index (χ0v) is 13.3. The van der Waals surface area contributed by atoms with Crippen molar-refractivity contribution in [3.8, 4) is 5.75 Å². The third-order valence-electron chi connectivity index (χ3n) is 2.42. The minimum atomic E-state index is -0.527. The maximum absolute atomic E-state index is 9.83. The number of halogens is 2. The zero-order chi connectivity index (χ0) is 12.3. The smallest absolute Gasteiger partial charge is 0.142 e. The van der Waals surface area contributed by atoms with E-state index in [-0.39, 0.29) is 11.8 Å². The SMILES string of the molecule is CCC[C@@H](O)[C@@H](N)c1cc(I)c(O)c(I)c1.